The lowest BCUT2D eigenvalue weighted by Crippen LogP contribution is -2.45. The van der Waals surface area contributed by atoms with Crippen molar-refractivity contribution >= 4 is 15.9 Å². The minimum Gasteiger partial charge on any atom is -0.360 e. The molecule has 124 valence electrons. The molecule has 8 heteroatoms. The van der Waals surface area contributed by atoms with Gasteiger partial charge < -0.3 is 9.84 Å². The predicted molar refractivity (Wildman–Crippen MR) is 80.8 cm³/mol. The van der Waals surface area contributed by atoms with E-state index in [1.807, 2.05) is 6.92 Å². The minimum atomic E-state index is -3.67. The standard InChI is InChI=1S/C14H23N3O4S/c1-4-7-15-14(18)12-6-5-8-17(9-12)22(19,20)13-10(2)16-21-11(13)3/h12H,4-9H2,1-3H3,(H,15,18). The van der Waals surface area contributed by atoms with E-state index >= 15 is 0 Å². The fourth-order valence-electron chi connectivity index (χ4n) is 2.74. The van der Waals surface area contributed by atoms with Crippen molar-refractivity contribution in [3.8, 4) is 0 Å². The maximum absolute atomic E-state index is 12.8. The molecule has 1 aromatic heterocycles. The molecule has 0 spiro atoms. The number of carbonyl (C=O) groups excluding carboxylic acids is 1. The fourth-order valence-corrected chi connectivity index (χ4v) is 4.55. The Morgan fingerprint density at radius 3 is 2.77 bits per heavy atom. The zero-order chi connectivity index (χ0) is 16.3. The Balaban J connectivity index is 2.17. The second kappa shape index (κ2) is 6.78. The Labute approximate surface area is 131 Å². The topological polar surface area (TPSA) is 92.5 Å². The van der Waals surface area contributed by atoms with Crippen molar-refractivity contribution in [1.29, 1.82) is 0 Å². The van der Waals surface area contributed by atoms with E-state index in [-0.39, 0.29) is 29.0 Å². The summed E-state index contributed by atoms with van der Waals surface area (Å²) < 4.78 is 31.9. The first-order valence-electron chi connectivity index (χ1n) is 7.58. The first kappa shape index (κ1) is 17.0. The quantitative estimate of drug-likeness (QED) is 0.877. The molecule has 1 N–H and O–H groups in total. The van der Waals surface area contributed by atoms with Crippen LogP contribution in [0.4, 0.5) is 0 Å². The molecule has 2 rings (SSSR count). The van der Waals surface area contributed by atoms with Gasteiger partial charge in [0.2, 0.25) is 15.9 Å². The van der Waals surface area contributed by atoms with E-state index in [0.717, 1.165) is 6.42 Å². The first-order chi connectivity index (χ1) is 10.4. The summed E-state index contributed by atoms with van der Waals surface area (Å²) in [7, 11) is -3.67. The van der Waals surface area contributed by atoms with Gasteiger partial charge in [-0.2, -0.15) is 4.31 Å². The lowest BCUT2D eigenvalue weighted by molar-refractivity contribution is -0.126. The van der Waals surface area contributed by atoms with Crippen molar-refractivity contribution < 1.29 is 17.7 Å². The maximum Gasteiger partial charge on any atom is 0.248 e. The van der Waals surface area contributed by atoms with Gasteiger partial charge in [-0.05, 0) is 33.1 Å². The van der Waals surface area contributed by atoms with Crippen LogP contribution in [0.2, 0.25) is 0 Å². The molecule has 0 radical (unpaired) electrons. The number of nitrogens with zero attached hydrogens (tertiary/aromatic N) is 2. The van der Waals surface area contributed by atoms with E-state index in [1.165, 1.54) is 4.31 Å². The predicted octanol–water partition coefficient (Wildman–Crippen LogP) is 1.22. The zero-order valence-electron chi connectivity index (χ0n) is 13.3. The number of hydrogen-bond acceptors (Lipinski definition) is 5. The molecule has 1 aromatic rings. The van der Waals surface area contributed by atoms with Gasteiger partial charge in [-0.25, -0.2) is 8.42 Å². The van der Waals surface area contributed by atoms with Crippen LogP contribution in [-0.2, 0) is 14.8 Å². The number of rotatable bonds is 5. The van der Waals surface area contributed by atoms with Crippen LogP contribution in [0.15, 0.2) is 9.42 Å². The zero-order valence-corrected chi connectivity index (χ0v) is 14.1. The molecule has 1 unspecified atom stereocenters. The average Bonchev–Trinajstić information content (AvgIpc) is 2.84. The number of aromatic nitrogens is 1. The SMILES string of the molecule is CCCNC(=O)C1CCCN(S(=O)(=O)c2c(C)noc2C)C1. The summed E-state index contributed by atoms with van der Waals surface area (Å²) in [5.41, 5.74) is 0.357. The molecule has 1 aliphatic heterocycles. The van der Waals surface area contributed by atoms with Crippen LogP contribution in [-0.4, -0.2) is 43.4 Å². The number of piperidine rings is 1. The summed E-state index contributed by atoms with van der Waals surface area (Å²) in [5, 5.41) is 6.55. The minimum absolute atomic E-state index is 0.0690. The Kier molecular flexibility index (Phi) is 5.23. The summed E-state index contributed by atoms with van der Waals surface area (Å²) in [6, 6.07) is 0. The summed E-state index contributed by atoms with van der Waals surface area (Å²) in [5.74, 6) is -0.0777. The van der Waals surface area contributed by atoms with Crippen molar-refractivity contribution in [3.05, 3.63) is 11.5 Å². The number of sulfonamides is 1. The van der Waals surface area contributed by atoms with Crippen molar-refractivity contribution in [2.45, 2.75) is 44.9 Å². The van der Waals surface area contributed by atoms with Gasteiger partial charge in [0, 0.05) is 19.6 Å². The van der Waals surface area contributed by atoms with Crippen LogP contribution in [0.25, 0.3) is 0 Å². The summed E-state index contributed by atoms with van der Waals surface area (Å²) >= 11 is 0. The van der Waals surface area contributed by atoms with Gasteiger partial charge >= 0.3 is 0 Å². The highest BCUT2D eigenvalue weighted by molar-refractivity contribution is 7.89. The molecule has 0 bridgehead atoms. The molecule has 2 heterocycles. The van der Waals surface area contributed by atoms with Gasteiger partial charge in [-0.1, -0.05) is 12.1 Å². The average molecular weight is 329 g/mol. The number of nitrogens with one attached hydrogen (secondary N) is 1. The van der Waals surface area contributed by atoms with Gasteiger partial charge in [-0.3, -0.25) is 4.79 Å². The Hall–Kier alpha value is -1.41. The van der Waals surface area contributed by atoms with Gasteiger partial charge in [0.25, 0.3) is 0 Å². The van der Waals surface area contributed by atoms with Crippen LogP contribution in [0.1, 0.15) is 37.6 Å². The van der Waals surface area contributed by atoms with Crippen LogP contribution in [0.5, 0.6) is 0 Å². The Morgan fingerprint density at radius 2 is 2.18 bits per heavy atom. The third-order valence-electron chi connectivity index (χ3n) is 3.87. The van der Waals surface area contributed by atoms with E-state index in [2.05, 4.69) is 10.5 Å². The van der Waals surface area contributed by atoms with Gasteiger partial charge in [0.15, 0.2) is 5.76 Å². The summed E-state index contributed by atoms with van der Waals surface area (Å²) in [4.78, 5) is 12.2. The number of carbonyl (C=O) groups is 1. The monoisotopic (exact) mass is 329 g/mol. The number of hydrogen-bond donors (Lipinski definition) is 1. The molecule has 0 saturated carbocycles. The second-order valence-corrected chi connectivity index (χ2v) is 7.52. The Morgan fingerprint density at radius 1 is 1.45 bits per heavy atom. The third-order valence-corrected chi connectivity index (χ3v) is 5.98. The molecular formula is C14H23N3O4S. The van der Waals surface area contributed by atoms with Crippen LogP contribution in [0, 0.1) is 19.8 Å². The fraction of sp³-hybridized carbons (Fsp3) is 0.714. The van der Waals surface area contributed by atoms with Gasteiger partial charge in [0.1, 0.15) is 10.6 Å². The summed E-state index contributed by atoms with van der Waals surface area (Å²) in [6.07, 6.45) is 2.25. The van der Waals surface area contributed by atoms with Crippen LogP contribution >= 0.6 is 0 Å². The van der Waals surface area contributed by atoms with Crippen molar-refractivity contribution in [1.82, 2.24) is 14.8 Å². The van der Waals surface area contributed by atoms with Crippen molar-refractivity contribution in [3.63, 3.8) is 0 Å². The van der Waals surface area contributed by atoms with E-state index in [1.54, 1.807) is 13.8 Å². The molecule has 1 atom stereocenters. The molecule has 1 fully saturated rings. The smallest absolute Gasteiger partial charge is 0.248 e. The highest BCUT2D eigenvalue weighted by Crippen LogP contribution is 2.27. The molecule has 1 saturated heterocycles. The second-order valence-electron chi connectivity index (χ2n) is 5.65. The van der Waals surface area contributed by atoms with E-state index in [9.17, 15) is 13.2 Å². The number of aryl methyl sites for hydroxylation is 2. The van der Waals surface area contributed by atoms with Crippen LogP contribution < -0.4 is 5.32 Å². The first-order valence-corrected chi connectivity index (χ1v) is 9.02. The molecule has 0 aliphatic carbocycles. The largest absolute Gasteiger partial charge is 0.360 e. The number of amides is 1. The molecule has 1 aliphatic rings. The maximum atomic E-state index is 12.8. The highest BCUT2D eigenvalue weighted by atomic mass is 32.2. The molecule has 1 amide bonds. The van der Waals surface area contributed by atoms with Crippen LogP contribution in [0.3, 0.4) is 0 Å². The van der Waals surface area contributed by atoms with Gasteiger partial charge in [0.05, 0.1) is 5.92 Å². The van der Waals surface area contributed by atoms with Gasteiger partial charge in [-0.15, -0.1) is 0 Å². The third kappa shape index (κ3) is 3.33. The highest BCUT2D eigenvalue weighted by Gasteiger charge is 2.36. The van der Waals surface area contributed by atoms with E-state index < -0.39 is 10.0 Å². The summed E-state index contributed by atoms with van der Waals surface area (Å²) in [6.45, 7) is 6.42. The van der Waals surface area contributed by atoms with E-state index in [4.69, 9.17) is 4.52 Å². The molecule has 22 heavy (non-hydrogen) atoms. The molecular weight excluding hydrogens is 306 g/mol. The van der Waals surface area contributed by atoms with Crippen molar-refractivity contribution in [2.24, 2.45) is 5.92 Å². The van der Waals surface area contributed by atoms with E-state index in [0.29, 0.717) is 31.6 Å². The lowest BCUT2D eigenvalue weighted by atomic mass is 9.99. The normalized spacial score (nSPS) is 20.0. The molecule has 0 aromatic carbocycles. The van der Waals surface area contributed by atoms with Crippen molar-refractivity contribution in [2.75, 3.05) is 19.6 Å². The molecule has 7 nitrogen and oxygen atoms in total. The Bertz CT molecular complexity index is 619. The lowest BCUT2D eigenvalue weighted by Gasteiger charge is -2.31.